The molecule has 0 fully saturated rings. The standard InChI is InChI=1S/C17H23N3O/c1-5-18-15(14-16(21-4)20-12-11-19-14)17(2,3)13-9-7-6-8-10-13/h6-12,15,18H,5H2,1-4H3. The van der Waals surface area contributed by atoms with Crippen LogP contribution in [0, 0.1) is 0 Å². The third-order valence-electron chi connectivity index (χ3n) is 3.81. The Morgan fingerprint density at radius 1 is 1.14 bits per heavy atom. The van der Waals surface area contributed by atoms with Crippen LogP contribution < -0.4 is 10.1 Å². The molecule has 4 nitrogen and oxygen atoms in total. The van der Waals surface area contributed by atoms with Gasteiger partial charge in [0.15, 0.2) is 0 Å². The smallest absolute Gasteiger partial charge is 0.237 e. The lowest BCUT2D eigenvalue weighted by Crippen LogP contribution is -2.38. The Bertz CT molecular complexity index is 569. The molecule has 1 atom stereocenters. The van der Waals surface area contributed by atoms with E-state index in [1.807, 2.05) is 6.07 Å². The van der Waals surface area contributed by atoms with Gasteiger partial charge in [-0.3, -0.25) is 4.98 Å². The van der Waals surface area contributed by atoms with E-state index in [-0.39, 0.29) is 11.5 Å². The first-order chi connectivity index (χ1) is 10.1. The molecule has 0 saturated carbocycles. The quantitative estimate of drug-likeness (QED) is 0.886. The lowest BCUT2D eigenvalue weighted by molar-refractivity contribution is 0.320. The van der Waals surface area contributed by atoms with Crippen LogP contribution in [0.3, 0.4) is 0 Å². The molecule has 4 heteroatoms. The second-order valence-electron chi connectivity index (χ2n) is 5.53. The average molecular weight is 285 g/mol. The normalized spacial score (nSPS) is 13.0. The number of likely N-dealkylation sites (N-methyl/N-ethyl adjacent to an activating group) is 1. The summed E-state index contributed by atoms with van der Waals surface area (Å²) in [4.78, 5) is 8.79. The van der Waals surface area contributed by atoms with Crippen LogP contribution in [0.1, 0.15) is 38.1 Å². The van der Waals surface area contributed by atoms with Crippen molar-refractivity contribution in [1.29, 1.82) is 0 Å². The zero-order valence-corrected chi connectivity index (χ0v) is 13.1. The van der Waals surface area contributed by atoms with Crippen LogP contribution in [-0.4, -0.2) is 23.6 Å². The summed E-state index contributed by atoms with van der Waals surface area (Å²) in [6.07, 6.45) is 3.37. The Morgan fingerprint density at radius 2 is 1.81 bits per heavy atom. The first kappa shape index (κ1) is 15.4. The molecule has 1 unspecified atom stereocenters. The van der Waals surface area contributed by atoms with E-state index in [1.54, 1.807) is 19.5 Å². The highest BCUT2D eigenvalue weighted by Gasteiger charge is 2.35. The molecular formula is C17H23N3O. The van der Waals surface area contributed by atoms with Gasteiger partial charge in [0.25, 0.3) is 0 Å². The van der Waals surface area contributed by atoms with E-state index in [4.69, 9.17) is 4.74 Å². The van der Waals surface area contributed by atoms with Crippen molar-refractivity contribution in [2.24, 2.45) is 0 Å². The van der Waals surface area contributed by atoms with Crippen molar-refractivity contribution in [3.8, 4) is 5.88 Å². The van der Waals surface area contributed by atoms with Crippen LogP contribution in [0.5, 0.6) is 5.88 Å². The van der Waals surface area contributed by atoms with Crippen molar-refractivity contribution in [3.63, 3.8) is 0 Å². The summed E-state index contributed by atoms with van der Waals surface area (Å²) >= 11 is 0. The van der Waals surface area contributed by atoms with E-state index < -0.39 is 0 Å². The van der Waals surface area contributed by atoms with Gasteiger partial charge in [0, 0.05) is 17.8 Å². The fourth-order valence-corrected chi connectivity index (χ4v) is 2.62. The van der Waals surface area contributed by atoms with Crippen molar-refractivity contribution in [2.75, 3.05) is 13.7 Å². The van der Waals surface area contributed by atoms with Crippen molar-refractivity contribution >= 4 is 0 Å². The minimum atomic E-state index is -0.138. The zero-order valence-electron chi connectivity index (χ0n) is 13.1. The van der Waals surface area contributed by atoms with E-state index >= 15 is 0 Å². The van der Waals surface area contributed by atoms with Gasteiger partial charge in [0.05, 0.1) is 13.2 Å². The predicted octanol–water partition coefficient (Wildman–Crippen LogP) is 3.11. The van der Waals surface area contributed by atoms with Gasteiger partial charge < -0.3 is 10.1 Å². The monoisotopic (exact) mass is 285 g/mol. The molecule has 2 rings (SSSR count). The second kappa shape index (κ2) is 6.68. The first-order valence-electron chi connectivity index (χ1n) is 7.25. The summed E-state index contributed by atoms with van der Waals surface area (Å²) < 4.78 is 5.39. The number of nitrogens with one attached hydrogen (secondary N) is 1. The first-order valence-corrected chi connectivity index (χ1v) is 7.25. The van der Waals surface area contributed by atoms with Gasteiger partial charge in [-0.1, -0.05) is 51.1 Å². The van der Waals surface area contributed by atoms with E-state index in [2.05, 4.69) is 60.3 Å². The predicted molar refractivity (Wildman–Crippen MR) is 84.5 cm³/mol. The summed E-state index contributed by atoms with van der Waals surface area (Å²) in [5, 5.41) is 3.53. The number of nitrogens with zero attached hydrogens (tertiary/aromatic N) is 2. The largest absolute Gasteiger partial charge is 0.480 e. The number of ether oxygens (including phenoxy) is 1. The van der Waals surface area contributed by atoms with Gasteiger partial charge in [-0.2, -0.15) is 0 Å². The summed E-state index contributed by atoms with van der Waals surface area (Å²) in [7, 11) is 1.63. The Kier molecular flexibility index (Phi) is 4.91. The van der Waals surface area contributed by atoms with Crippen LogP contribution in [0.2, 0.25) is 0 Å². The molecule has 1 aromatic heterocycles. The van der Waals surface area contributed by atoms with E-state index in [0.717, 1.165) is 12.2 Å². The molecule has 0 amide bonds. The topological polar surface area (TPSA) is 47.0 Å². The maximum atomic E-state index is 5.39. The molecule has 21 heavy (non-hydrogen) atoms. The molecule has 112 valence electrons. The van der Waals surface area contributed by atoms with Crippen molar-refractivity contribution < 1.29 is 4.74 Å². The van der Waals surface area contributed by atoms with E-state index in [9.17, 15) is 0 Å². The molecule has 2 aromatic rings. The van der Waals surface area contributed by atoms with Crippen molar-refractivity contribution in [3.05, 3.63) is 54.0 Å². The third-order valence-corrected chi connectivity index (χ3v) is 3.81. The Morgan fingerprint density at radius 3 is 2.43 bits per heavy atom. The van der Waals surface area contributed by atoms with Gasteiger partial charge in [0.2, 0.25) is 5.88 Å². The summed E-state index contributed by atoms with van der Waals surface area (Å²) in [5.74, 6) is 0.576. The molecule has 0 aliphatic carbocycles. The highest BCUT2D eigenvalue weighted by atomic mass is 16.5. The third kappa shape index (κ3) is 3.22. The number of hydrogen-bond acceptors (Lipinski definition) is 4. The molecule has 1 heterocycles. The van der Waals surface area contributed by atoms with Gasteiger partial charge in [-0.15, -0.1) is 0 Å². The second-order valence-corrected chi connectivity index (χ2v) is 5.53. The molecule has 0 bridgehead atoms. The van der Waals surface area contributed by atoms with Crippen LogP contribution in [0.15, 0.2) is 42.7 Å². The van der Waals surface area contributed by atoms with Crippen LogP contribution in [0.4, 0.5) is 0 Å². The summed E-state index contributed by atoms with van der Waals surface area (Å²) in [5.41, 5.74) is 1.96. The summed E-state index contributed by atoms with van der Waals surface area (Å²) in [6, 6.07) is 10.5. The highest BCUT2D eigenvalue weighted by molar-refractivity contribution is 5.32. The molecular weight excluding hydrogens is 262 g/mol. The Labute approximate surface area is 126 Å². The average Bonchev–Trinajstić information content (AvgIpc) is 2.53. The van der Waals surface area contributed by atoms with Gasteiger partial charge in [-0.25, -0.2) is 4.98 Å². The molecule has 1 aromatic carbocycles. The lowest BCUT2D eigenvalue weighted by Gasteiger charge is -2.35. The molecule has 0 radical (unpaired) electrons. The molecule has 0 aliphatic rings. The minimum absolute atomic E-state index is 0.0218. The van der Waals surface area contributed by atoms with Gasteiger partial charge >= 0.3 is 0 Å². The van der Waals surface area contributed by atoms with Gasteiger partial charge in [0.1, 0.15) is 5.69 Å². The zero-order chi connectivity index (χ0) is 15.3. The maximum Gasteiger partial charge on any atom is 0.237 e. The molecule has 0 saturated heterocycles. The molecule has 0 spiro atoms. The van der Waals surface area contributed by atoms with Gasteiger partial charge in [-0.05, 0) is 12.1 Å². The molecule has 1 N–H and O–H groups in total. The highest BCUT2D eigenvalue weighted by Crippen LogP contribution is 2.38. The van der Waals surface area contributed by atoms with Crippen LogP contribution in [0.25, 0.3) is 0 Å². The lowest BCUT2D eigenvalue weighted by atomic mass is 9.76. The number of aromatic nitrogens is 2. The number of rotatable bonds is 6. The van der Waals surface area contributed by atoms with E-state index in [1.165, 1.54) is 5.56 Å². The minimum Gasteiger partial charge on any atom is -0.480 e. The number of benzene rings is 1. The van der Waals surface area contributed by atoms with Crippen LogP contribution in [-0.2, 0) is 5.41 Å². The maximum absolute atomic E-state index is 5.39. The fraction of sp³-hybridized carbons (Fsp3) is 0.412. The van der Waals surface area contributed by atoms with Crippen LogP contribution >= 0.6 is 0 Å². The Balaban J connectivity index is 2.47. The summed E-state index contributed by atoms with van der Waals surface area (Å²) in [6.45, 7) is 7.37. The molecule has 0 aliphatic heterocycles. The van der Waals surface area contributed by atoms with E-state index in [0.29, 0.717) is 5.88 Å². The fourth-order valence-electron chi connectivity index (χ4n) is 2.62. The van der Waals surface area contributed by atoms with Crippen molar-refractivity contribution in [1.82, 2.24) is 15.3 Å². The van der Waals surface area contributed by atoms with Crippen molar-refractivity contribution in [2.45, 2.75) is 32.2 Å². The Hall–Kier alpha value is -1.94. The number of hydrogen-bond donors (Lipinski definition) is 1. The SMILES string of the molecule is CCNC(c1nccnc1OC)C(C)(C)c1ccccc1. The number of methoxy groups -OCH3 is 1.